The van der Waals surface area contributed by atoms with E-state index in [1.54, 1.807) is 11.3 Å². The predicted molar refractivity (Wildman–Crippen MR) is 66.9 cm³/mol. The molecule has 1 aromatic rings. The maximum Gasteiger partial charge on any atom is 0.185 e. The molecule has 0 bridgehead atoms. The molecule has 1 aliphatic rings. The van der Waals surface area contributed by atoms with E-state index in [9.17, 15) is 0 Å². The number of alkyl halides is 1. The minimum Gasteiger partial charge on any atom is -0.348 e. The molecule has 15 heavy (non-hydrogen) atoms. The second-order valence-corrected chi connectivity index (χ2v) is 5.94. The summed E-state index contributed by atoms with van der Waals surface area (Å²) < 4.78 is 0. The number of nitrogens with zero attached hydrogens (tertiary/aromatic N) is 2. The quantitative estimate of drug-likeness (QED) is 0.757. The highest BCUT2D eigenvalue weighted by molar-refractivity contribution is 7.15. The number of hydrogen-bond donors (Lipinski definition) is 0. The van der Waals surface area contributed by atoms with Crippen LogP contribution in [0.15, 0.2) is 6.20 Å². The second-order valence-electron chi connectivity index (χ2n) is 4.58. The summed E-state index contributed by atoms with van der Waals surface area (Å²) in [5.74, 6) is 0.580. The first kappa shape index (κ1) is 11.2. The van der Waals surface area contributed by atoms with Crippen molar-refractivity contribution in [2.24, 2.45) is 5.41 Å². The van der Waals surface area contributed by atoms with E-state index in [1.807, 2.05) is 6.20 Å². The van der Waals surface area contributed by atoms with Crippen LogP contribution in [0, 0.1) is 5.41 Å². The van der Waals surface area contributed by atoms with Crippen molar-refractivity contribution in [2.45, 2.75) is 32.6 Å². The van der Waals surface area contributed by atoms with E-state index in [0.29, 0.717) is 11.3 Å². The van der Waals surface area contributed by atoms with Gasteiger partial charge < -0.3 is 4.90 Å². The second kappa shape index (κ2) is 4.30. The Bertz CT molecular complexity index is 339. The molecule has 1 aromatic heterocycles. The monoisotopic (exact) mass is 244 g/mol. The molecule has 2 heterocycles. The fraction of sp³-hybridized carbons (Fsp3) is 0.727. The summed E-state index contributed by atoms with van der Waals surface area (Å²) in [5, 5.41) is 1.14. The van der Waals surface area contributed by atoms with Crippen molar-refractivity contribution in [3.63, 3.8) is 0 Å². The van der Waals surface area contributed by atoms with Crippen LogP contribution in [0.2, 0.25) is 0 Å². The van der Waals surface area contributed by atoms with Crippen molar-refractivity contribution in [1.29, 1.82) is 0 Å². The van der Waals surface area contributed by atoms with Crippen molar-refractivity contribution in [3.05, 3.63) is 11.1 Å². The van der Waals surface area contributed by atoms with Gasteiger partial charge in [-0.15, -0.1) is 22.9 Å². The number of rotatable bonds is 3. The molecular formula is C11H17ClN2S. The first-order valence-corrected chi connectivity index (χ1v) is 6.77. The third-order valence-corrected chi connectivity index (χ3v) is 4.86. The van der Waals surface area contributed by atoms with Gasteiger partial charge in [0, 0.05) is 24.2 Å². The Morgan fingerprint density at radius 2 is 2.47 bits per heavy atom. The number of halogens is 1. The van der Waals surface area contributed by atoms with Gasteiger partial charge >= 0.3 is 0 Å². The summed E-state index contributed by atoms with van der Waals surface area (Å²) in [5.41, 5.74) is 0.479. The summed E-state index contributed by atoms with van der Waals surface area (Å²) in [6.07, 6.45) is 4.42. The lowest BCUT2D eigenvalue weighted by Crippen LogP contribution is -2.23. The molecule has 1 unspecified atom stereocenters. The van der Waals surface area contributed by atoms with Crippen LogP contribution < -0.4 is 4.90 Å². The Kier molecular flexibility index (Phi) is 3.21. The van der Waals surface area contributed by atoms with Gasteiger partial charge in [0.1, 0.15) is 0 Å². The van der Waals surface area contributed by atoms with Gasteiger partial charge in [0.05, 0.1) is 5.88 Å². The van der Waals surface area contributed by atoms with Crippen LogP contribution in [0.5, 0.6) is 0 Å². The third-order valence-electron chi connectivity index (χ3n) is 3.35. The topological polar surface area (TPSA) is 16.1 Å². The Balaban J connectivity index is 2.07. The van der Waals surface area contributed by atoms with E-state index in [2.05, 4.69) is 23.7 Å². The van der Waals surface area contributed by atoms with Crippen LogP contribution in [0.1, 0.15) is 31.6 Å². The molecule has 1 fully saturated rings. The predicted octanol–water partition coefficient (Wildman–Crippen LogP) is 3.51. The van der Waals surface area contributed by atoms with Gasteiger partial charge in [0.15, 0.2) is 5.13 Å². The number of thiazole rings is 1. The van der Waals surface area contributed by atoms with Gasteiger partial charge in [0.25, 0.3) is 0 Å². The van der Waals surface area contributed by atoms with Gasteiger partial charge in [0.2, 0.25) is 0 Å². The maximum absolute atomic E-state index is 5.78. The highest BCUT2D eigenvalue weighted by Crippen LogP contribution is 2.37. The van der Waals surface area contributed by atoms with Crippen molar-refractivity contribution in [1.82, 2.24) is 4.98 Å². The highest BCUT2D eigenvalue weighted by atomic mass is 35.5. The molecule has 0 aliphatic carbocycles. The molecule has 2 rings (SSSR count). The third kappa shape index (κ3) is 2.28. The lowest BCUT2D eigenvalue weighted by Gasteiger charge is -2.22. The van der Waals surface area contributed by atoms with Crippen LogP contribution in [-0.4, -0.2) is 18.1 Å². The SMILES string of the molecule is CCC1(C)CCN(c2ncc(CCl)s2)C1. The highest BCUT2D eigenvalue weighted by Gasteiger charge is 2.33. The van der Waals surface area contributed by atoms with E-state index >= 15 is 0 Å². The molecule has 0 radical (unpaired) electrons. The molecule has 1 aliphatic heterocycles. The summed E-state index contributed by atoms with van der Waals surface area (Å²) in [6.45, 7) is 6.91. The molecule has 0 spiro atoms. The molecule has 1 saturated heterocycles. The summed E-state index contributed by atoms with van der Waals surface area (Å²) in [4.78, 5) is 7.99. The van der Waals surface area contributed by atoms with Crippen LogP contribution >= 0.6 is 22.9 Å². The minimum absolute atomic E-state index is 0.479. The summed E-state index contributed by atoms with van der Waals surface area (Å²) in [6, 6.07) is 0. The Morgan fingerprint density at radius 3 is 3.00 bits per heavy atom. The summed E-state index contributed by atoms with van der Waals surface area (Å²) >= 11 is 7.51. The lowest BCUT2D eigenvalue weighted by molar-refractivity contribution is 0.355. The molecule has 0 N–H and O–H groups in total. The zero-order valence-electron chi connectivity index (χ0n) is 9.29. The Morgan fingerprint density at radius 1 is 1.67 bits per heavy atom. The minimum atomic E-state index is 0.479. The number of aromatic nitrogens is 1. The van der Waals surface area contributed by atoms with Crippen LogP contribution in [-0.2, 0) is 5.88 Å². The van der Waals surface area contributed by atoms with Gasteiger partial charge in [-0.25, -0.2) is 4.98 Å². The van der Waals surface area contributed by atoms with Crippen molar-refractivity contribution >= 4 is 28.1 Å². The molecule has 0 amide bonds. The molecule has 2 nitrogen and oxygen atoms in total. The van der Waals surface area contributed by atoms with E-state index in [0.717, 1.165) is 23.1 Å². The van der Waals surface area contributed by atoms with Gasteiger partial charge in [-0.05, 0) is 18.3 Å². The smallest absolute Gasteiger partial charge is 0.185 e. The first-order valence-electron chi connectivity index (χ1n) is 5.42. The van der Waals surface area contributed by atoms with Gasteiger partial charge in [-0.3, -0.25) is 0 Å². The van der Waals surface area contributed by atoms with E-state index < -0.39 is 0 Å². The largest absolute Gasteiger partial charge is 0.348 e. The molecule has 0 saturated carbocycles. The van der Waals surface area contributed by atoms with E-state index in [4.69, 9.17) is 11.6 Å². The zero-order valence-corrected chi connectivity index (χ0v) is 10.9. The molecule has 0 aromatic carbocycles. The van der Waals surface area contributed by atoms with E-state index in [-0.39, 0.29) is 0 Å². The molecule has 84 valence electrons. The number of anilines is 1. The number of hydrogen-bond acceptors (Lipinski definition) is 3. The molecule has 1 atom stereocenters. The Hall–Kier alpha value is -0.280. The standard InChI is InChI=1S/C11H17ClN2S/c1-3-11(2)4-5-14(8-11)10-13-7-9(6-12)15-10/h7H,3-6,8H2,1-2H3. The average Bonchev–Trinajstić information content (AvgIpc) is 2.84. The fourth-order valence-corrected chi connectivity index (χ4v) is 3.00. The summed E-state index contributed by atoms with van der Waals surface area (Å²) in [7, 11) is 0. The van der Waals surface area contributed by atoms with E-state index in [1.165, 1.54) is 12.8 Å². The van der Waals surface area contributed by atoms with Crippen molar-refractivity contribution in [3.8, 4) is 0 Å². The normalized spacial score (nSPS) is 26.2. The van der Waals surface area contributed by atoms with Crippen LogP contribution in [0.4, 0.5) is 5.13 Å². The Labute approximate surface area is 100 Å². The van der Waals surface area contributed by atoms with Crippen LogP contribution in [0.25, 0.3) is 0 Å². The van der Waals surface area contributed by atoms with Crippen molar-refractivity contribution in [2.75, 3.05) is 18.0 Å². The molecular weight excluding hydrogens is 228 g/mol. The van der Waals surface area contributed by atoms with Gasteiger partial charge in [-0.2, -0.15) is 0 Å². The average molecular weight is 245 g/mol. The molecule has 4 heteroatoms. The van der Waals surface area contributed by atoms with Crippen molar-refractivity contribution < 1.29 is 0 Å². The lowest BCUT2D eigenvalue weighted by atomic mass is 9.87. The first-order chi connectivity index (χ1) is 7.17. The van der Waals surface area contributed by atoms with Gasteiger partial charge in [-0.1, -0.05) is 13.8 Å². The maximum atomic E-state index is 5.78. The fourth-order valence-electron chi connectivity index (χ4n) is 1.98. The zero-order chi connectivity index (χ0) is 10.9. The van der Waals surface area contributed by atoms with Crippen LogP contribution in [0.3, 0.4) is 0 Å².